The van der Waals surface area contributed by atoms with Crippen LogP contribution in [0.4, 0.5) is 13.2 Å². The standard InChI is InChI=1S/C15H18F3N3O/c16-15(17,18)13-11(6-19-21-13)14(22)20-12-9-2-7-1-8(4-9)5-10(12)3-7/h6-10,12H,1-5H2,(H,19,21)(H,20,22). The van der Waals surface area contributed by atoms with E-state index in [1.807, 2.05) is 5.10 Å². The zero-order chi connectivity index (χ0) is 15.5. The summed E-state index contributed by atoms with van der Waals surface area (Å²) in [6, 6.07) is 0.0243. The highest BCUT2D eigenvalue weighted by Gasteiger charge is 2.49. The highest BCUT2D eigenvalue weighted by Crippen LogP contribution is 2.53. The van der Waals surface area contributed by atoms with E-state index in [1.54, 1.807) is 0 Å². The van der Waals surface area contributed by atoms with Crippen LogP contribution in [0.3, 0.4) is 0 Å². The van der Waals surface area contributed by atoms with E-state index in [0.29, 0.717) is 11.8 Å². The number of halogens is 3. The molecular weight excluding hydrogens is 295 g/mol. The predicted molar refractivity (Wildman–Crippen MR) is 71.9 cm³/mol. The maximum absolute atomic E-state index is 12.9. The molecule has 120 valence electrons. The summed E-state index contributed by atoms with van der Waals surface area (Å²) in [5.74, 6) is 1.73. The van der Waals surface area contributed by atoms with E-state index in [9.17, 15) is 18.0 Å². The fourth-order valence-corrected chi connectivity index (χ4v) is 5.06. The molecule has 5 rings (SSSR count). The first-order valence-corrected chi connectivity index (χ1v) is 7.83. The lowest BCUT2D eigenvalue weighted by molar-refractivity contribution is -0.141. The molecule has 0 unspecified atom stereocenters. The molecule has 4 bridgehead atoms. The van der Waals surface area contributed by atoms with Crippen molar-refractivity contribution in [2.24, 2.45) is 23.7 Å². The molecule has 22 heavy (non-hydrogen) atoms. The molecule has 1 heterocycles. The lowest BCUT2D eigenvalue weighted by Gasteiger charge is -2.54. The van der Waals surface area contributed by atoms with E-state index < -0.39 is 23.3 Å². The zero-order valence-electron chi connectivity index (χ0n) is 12.0. The number of carbonyl (C=O) groups is 1. The van der Waals surface area contributed by atoms with E-state index in [-0.39, 0.29) is 6.04 Å². The van der Waals surface area contributed by atoms with Gasteiger partial charge in [-0.25, -0.2) is 0 Å². The van der Waals surface area contributed by atoms with E-state index in [2.05, 4.69) is 10.4 Å². The minimum Gasteiger partial charge on any atom is -0.349 e. The summed E-state index contributed by atoms with van der Waals surface area (Å²) in [5, 5.41) is 8.16. The van der Waals surface area contributed by atoms with Crippen LogP contribution in [0.2, 0.25) is 0 Å². The Bertz CT molecular complexity index is 567. The Morgan fingerprint density at radius 1 is 1.14 bits per heavy atom. The van der Waals surface area contributed by atoms with Gasteiger partial charge in [0.05, 0.1) is 11.8 Å². The third-order valence-corrected chi connectivity index (χ3v) is 5.69. The maximum Gasteiger partial charge on any atom is 0.433 e. The van der Waals surface area contributed by atoms with Gasteiger partial charge in [0.15, 0.2) is 5.69 Å². The van der Waals surface area contributed by atoms with Gasteiger partial charge in [-0.2, -0.15) is 18.3 Å². The second-order valence-electron chi connectivity index (χ2n) is 7.09. The van der Waals surface area contributed by atoms with Crippen LogP contribution < -0.4 is 5.32 Å². The Hall–Kier alpha value is -1.53. The van der Waals surface area contributed by atoms with E-state index in [1.165, 1.54) is 6.42 Å². The third-order valence-electron chi connectivity index (χ3n) is 5.69. The lowest BCUT2D eigenvalue weighted by atomic mass is 9.54. The van der Waals surface area contributed by atoms with Crippen molar-refractivity contribution in [3.8, 4) is 0 Å². The topological polar surface area (TPSA) is 57.8 Å². The molecule has 1 aromatic rings. The molecule has 0 atom stereocenters. The van der Waals surface area contributed by atoms with Crippen molar-refractivity contribution < 1.29 is 18.0 Å². The van der Waals surface area contributed by atoms with Crippen molar-refractivity contribution in [1.82, 2.24) is 15.5 Å². The number of hydrogen-bond acceptors (Lipinski definition) is 2. The molecule has 2 N–H and O–H groups in total. The van der Waals surface area contributed by atoms with Gasteiger partial charge in [-0.15, -0.1) is 0 Å². The molecule has 0 spiro atoms. The number of aromatic amines is 1. The second-order valence-corrected chi connectivity index (χ2v) is 7.09. The number of nitrogens with zero attached hydrogens (tertiary/aromatic N) is 1. The second kappa shape index (κ2) is 4.73. The van der Waals surface area contributed by atoms with Crippen molar-refractivity contribution >= 4 is 5.91 Å². The number of nitrogens with one attached hydrogen (secondary N) is 2. The Morgan fingerprint density at radius 3 is 2.27 bits per heavy atom. The zero-order valence-corrected chi connectivity index (χ0v) is 12.0. The summed E-state index contributed by atoms with van der Waals surface area (Å²) in [6.07, 6.45) is 2.10. The highest BCUT2D eigenvalue weighted by molar-refractivity contribution is 5.95. The third kappa shape index (κ3) is 2.21. The van der Waals surface area contributed by atoms with Gasteiger partial charge in [-0.1, -0.05) is 0 Å². The number of amides is 1. The lowest BCUT2D eigenvalue weighted by Crippen LogP contribution is -2.55. The molecule has 1 aromatic heterocycles. The fraction of sp³-hybridized carbons (Fsp3) is 0.733. The van der Waals surface area contributed by atoms with E-state index in [4.69, 9.17) is 0 Å². The average Bonchev–Trinajstić information content (AvgIpc) is 2.91. The summed E-state index contributed by atoms with van der Waals surface area (Å²) in [4.78, 5) is 12.3. The number of aromatic nitrogens is 2. The molecular formula is C15H18F3N3O. The van der Waals surface area contributed by atoms with Crippen molar-refractivity contribution in [3.05, 3.63) is 17.5 Å². The highest BCUT2D eigenvalue weighted by atomic mass is 19.4. The van der Waals surface area contributed by atoms with Gasteiger partial charge in [0.2, 0.25) is 0 Å². The first-order valence-electron chi connectivity index (χ1n) is 7.83. The smallest absolute Gasteiger partial charge is 0.349 e. The van der Waals surface area contributed by atoms with Gasteiger partial charge < -0.3 is 5.32 Å². The minimum atomic E-state index is -4.59. The van der Waals surface area contributed by atoms with Crippen LogP contribution in [-0.2, 0) is 6.18 Å². The van der Waals surface area contributed by atoms with Crippen LogP contribution in [0.25, 0.3) is 0 Å². The summed E-state index contributed by atoms with van der Waals surface area (Å²) in [7, 11) is 0. The Morgan fingerprint density at radius 2 is 1.73 bits per heavy atom. The van der Waals surface area contributed by atoms with Gasteiger partial charge in [0.1, 0.15) is 0 Å². The molecule has 0 saturated heterocycles. The molecule has 4 aliphatic rings. The van der Waals surface area contributed by atoms with Gasteiger partial charge in [-0.05, 0) is 55.8 Å². The number of alkyl halides is 3. The van der Waals surface area contributed by atoms with Crippen LogP contribution >= 0.6 is 0 Å². The van der Waals surface area contributed by atoms with E-state index >= 15 is 0 Å². The normalized spacial score (nSPS) is 36.6. The van der Waals surface area contributed by atoms with Crippen LogP contribution in [0.15, 0.2) is 6.20 Å². The molecule has 4 aliphatic carbocycles. The van der Waals surface area contributed by atoms with Crippen molar-refractivity contribution in [1.29, 1.82) is 0 Å². The number of H-pyrrole nitrogens is 1. The first kappa shape index (κ1) is 14.1. The van der Waals surface area contributed by atoms with Crippen molar-refractivity contribution in [3.63, 3.8) is 0 Å². The van der Waals surface area contributed by atoms with Crippen molar-refractivity contribution in [2.45, 2.75) is 44.3 Å². The largest absolute Gasteiger partial charge is 0.433 e. The molecule has 0 aromatic carbocycles. The Kier molecular flexibility index (Phi) is 3.03. The molecule has 4 nitrogen and oxygen atoms in total. The SMILES string of the molecule is O=C(NC1C2CC3CC(C2)CC1C3)c1cn[nH]c1C(F)(F)F. The Labute approximate surface area is 125 Å². The molecule has 4 fully saturated rings. The summed E-state index contributed by atoms with van der Waals surface area (Å²) in [6.45, 7) is 0. The molecule has 1 amide bonds. The van der Waals surface area contributed by atoms with Crippen LogP contribution in [0, 0.1) is 23.7 Å². The molecule has 0 radical (unpaired) electrons. The predicted octanol–water partition coefficient (Wildman–Crippen LogP) is 2.98. The fourth-order valence-electron chi connectivity index (χ4n) is 5.06. The average molecular weight is 313 g/mol. The monoisotopic (exact) mass is 313 g/mol. The summed E-state index contributed by atoms with van der Waals surface area (Å²) in [5.41, 5.74) is -1.46. The van der Waals surface area contributed by atoms with Gasteiger partial charge >= 0.3 is 6.18 Å². The Balaban J connectivity index is 1.52. The van der Waals surface area contributed by atoms with Gasteiger partial charge in [0.25, 0.3) is 5.91 Å². The number of carbonyl (C=O) groups excluding carboxylic acids is 1. The van der Waals surface area contributed by atoms with Crippen LogP contribution in [0.5, 0.6) is 0 Å². The number of hydrogen-bond donors (Lipinski definition) is 2. The van der Waals surface area contributed by atoms with Gasteiger partial charge in [0, 0.05) is 6.04 Å². The summed E-state index contributed by atoms with van der Waals surface area (Å²) < 4.78 is 38.6. The molecule has 4 saturated carbocycles. The summed E-state index contributed by atoms with van der Waals surface area (Å²) >= 11 is 0. The van der Waals surface area contributed by atoms with Crippen molar-refractivity contribution in [2.75, 3.05) is 0 Å². The minimum absolute atomic E-state index is 0.0243. The van der Waals surface area contributed by atoms with Crippen LogP contribution in [0.1, 0.15) is 48.2 Å². The van der Waals surface area contributed by atoms with Crippen LogP contribution in [-0.4, -0.2) is 22.1 Å². The first-order chi connectivity index (χ1) is 10.4. The quantitative estimate of drug-likeness (QED) is 0.882. The maximum atomic E-state index is 12.9. The molecule has 7 heteroatoms. The van der Waals surface area contributed by atoms with Gasteiger partial charge in [-0.3, -0.25) is 9.89 Å². The molecule has 0 aliphatic heterocycles. The number of rotatable bonds is 2. The van der Waals surface area contributed by atoms with E-state index in [0.717, 1.165) is 43.7 Å².